The van der Waals surface area contributed by atoms with Crippen molar-refractivity contribution in [3.63, 3.8) is 0 Å². The zero-order valence-electron chi connectivity index (χ0n) is 10.4. The van der Waals surface area contributed by atoms with Crippen molar-refractivity contribution < 1.29 is 4.74 Å². The molecule has 0 spiro atoms. The molecule has 2 rings (SSSR count). The van der Waals surface area contributed by atoms with E-state index in [2.05, 4.69) is 20.3 Å². The SMILES string of the molecule is CCCOc1nc(Cl)nc(NC2CCSCC2)n1. The molecule has 1 saturated heterocycles. The molecule has 1 aromatic heterocycles. The lowest BCUT2D eigenvalue weighted by Crippen LogP contribution is -2.25. The molecule has 1 aromatic rings. The van der Waals surface area contributed by atoms with Crippen LogP contribution in [0, 0.1) is 0 Å². The first kappa shape index (κ1) is 13.7. The maximum atomic E-state index is 5.86. The van der Waals surface area contributed by atoms with Gasteiger partial charge in [-0.15, -0.1) is 0 Å². The van der Waals surface area contributed by atoms with Crippen molar-refractivity contribution in [2.75, 3.05) is 23.4 Å². The fraction of sp³-hybridized carbons (Fsp3) is 0.727. The van der Waals surface area contributed by atoms with Crippen LogP contribution in [0.25, 0.3) is 0 Å². The van der Waals surface area contributed by atoms with Crippen molar-refractivity contribution in [2.45, 2.75) is 32.2 Å². The number of hydrogen-bond acceptors (Lipinski definition) is 6. The van der Waals surface area contributed by atoms with Crippen molar-refractivity contribution in [1.82, 2.24) is 15.0 Å². The van der Waals surface area contributed by atoms with Crippen molar-refractivity contribution in [1.29, 1.82) is 0 Å². The smallest absolute Gasteiger partial charge is 0.322 e. The molecule has 0 saturated carbocycles. The number of thioether (sulfide) groups is 1. The van der Waals surface area contributed by atoms with E-state index in [-0.39, 0.29) is 5.28 Å². The number of halogens is 1. The van der Waals surface area contributed by atoms with E-state index in [0.717, 1.165) is 19.3 Å². The van der Waals surface area contributed by atoms with Gasteiger partial charge in [0.05, 0.1) is 6.61 Å². The lowest BCUT2D eigenvalue weighted by molar-refractivity contribution is 0.291. The van der Waals surface area contributed by atoms with Crippen LogP contribution < -0.4 is 10.1 Å². The first-order valence-electron chi connectivity index (χ1n) is 6.16. The van der Waals surface area contributed by atoms with E-state index in [1.165, 1.54) is 11.5 Å². The number of nitrogens with zero attached hydrogens (tertiary/aromatic N) is 3. The third-order valence-corrected chi connectivity index (χ3v) is 3.80. The highest BCUT2D eigenvalue weighted by molar-refractivity contribution is 7.99. The van der Waals surface area contributed by atoms with Crippen molar-refractivity contribution >= 4 is 29.3 Å². The van der Waals surface area contributed by atoms with Gasteiger partial charge in [0.1, 0.15) is 0 Å². The van der Waals surface area contributed by atoms with Gasteiger partial charge in [0.25, 0.3) is 0 Å². The molecule has 0 unspecified atom stereocenters. The lowest BCUT2D eigenvalue weighted by atomic mass is 10.2. The van der Waals surface area contributed by atoms with Crippen LogP contribution in [0.3, 0.4) is 0 Å². The Balaban J connectivity index is 1.99. The Bertz CT molecular complexity index is 387. The Hall–Kier alpha value is -0.750. The third kappa shape index (κ3) is 4.17. The second kappa shape index (κ2) is 6.99. The van der Waals surface area contributed by atoms with Crippen LogP contribution in [0.5, 0.6) is 6.01 Å². The summed E-state index contributed by atoms with van der Waals surface area (Å²) in [6.07, 6.45) is 3.16. The Morgan fingerprint density at radius 1 is 1.33 bits per heavy atom. The van der Waals surface area contributed by atoms with E-state index in [9.17, 15) is 0 Å². The molecule has 1 fully saturated rings. The second-order valence-corrected chi connectivity index (χ2v) is 5.65. The standard InChI is InChI=1S/C11H17ClN4OS/c1-2-5-17-11-15-9(12)14-10(16-11)13-8-3-6-18-7-4-8/h8H,2-7H2,1H3,(H,13,14,15,16). The molecule has 0 radical (unpaired) electrons. The second-order valence-electron chi connectivity index (χ2n) is 4.09. The Labute approximate surface area is 116 Å². The van der Waals surface area contributed by atoms with Gasteiger partial charge in [0.15, 0.2) is 0 Å². The highest BCUT2D eigenvalue weighted by Crippen LogP contribution is 2.20. The van der Waals surface area contributed by atoms with Crippen LogP contribution in [-0.4, -0.2) is 39.1 Å². The summed E-state index contributed by atoms with van der Waals surface area (Å²) in [5.41, 5.74) is 0. The summed E-state index contributed by atoms with van der Waals surface area (Å²) < 4.78 is 5.38. The molecule has 7 heteroatoms. The zero-order valence-corrected chi connectivity index (χ0v) is 11.9. The maximum Gasteiger partial charge on any atom is 0.322 e. The minimum atomic E-state index is 0.170. The van der Waals surface area contributed by atoms with Crippen LogP contribution in [-0.2, 0) is 0 Å². The van der Waals surface area contributed by atoms with E-state index in [1.807, 2.05) is 18.7 Å². The Morgan fingerprint density at radius 2 is 2.11 bits per heavy atom. The number of rotatable bonds is 5. The predicted molar refractivity (Wildman–Crippen MR) is 74.6 cm³/mol. The summed E-state index contributed by atoms with van der Waals surface area (Å²) in [5, 5.41) is 3.47. The van der Waals surface area contributed by atoms with Crippen LogP contribution in [0.15, 0.2) is 0 Å². The summed E-state index contributed by atoms with van der Waals surface area (Å²) in [7, 11) is 0. The molecule has 2 heterocycles. The van der Waals surface area contributed by atoms with Crippen LogP contribution >= 0.6 is 23.4 Å². The molecule has 100 valence electrons. The maximum absolute atomic E-state index is 5.86. The predicted octanol–water partition coefficient (Wildman–Crippen LogP) is 2.62. The quantitative estimate of drug-likeness (QED) is 0.899. The van der Waals surface area contributed by atoms with Gasteiger partial charge in [-0.25, -0.2) is 0 Å². The number of anilines is 1. The van der Waals surface area contributed by atoms with E-state index < -0.39 is 0 Å². The number of hydrogen-bond donors (Lipinski definition) is 1. The molecule has 0 amide bonds. The van der Waals surface area contributed by atoms with Crippen molar-refractivity contribution in [3.05, 3.63) is 5.28 Å². The first-order valence-corrected chi connectivity index (χ1v) is 7.70. The van der Waals surface area contributed by atoms with Gasteiger partial charge in [0, 0.05) is 6.04 Å². The summed E-state index contributed by atoms with van der Waals surface area (Å²) in [5.74, 6) is 2.86. The first-order chi connectivity index (χ1) is 8.78. The highest BCUT2D eigenvalue weighted by atomic mass is 35.5. The molecular formula is C11H17ClN4OS. The van der Waals surface area contributed by atoms with E-state index in [1.54, 1.807) is 0 Å². The van der Waals surface area contributed by atoms with Gasteiger partial charge in [0.2, 0.25) is 11.2 Å². The van der Waals surface area contributed by atoms with Gasteiger partial charge >= 0.3 is 6.01 Å². The molecule has 0 aliphatic carbocycles. The van der Waals surface area contributed by atoms with Crippen LogP contribution in [0.2, 0.25) is 5.28 Å². The number of nitrogens with one attached hydrogen (secondary N) is 1. The number of aromatic nitrogens is 3. The van der Waals surface area contributed by atoms with Crippen LogP contribution in [0.4, 0.5) is 5.95 Å². The molecule has 0 bridgehead atoms. The molecule has 0 atom stereocenters. The lowest BCUT2D eigenvalue weighted by Gasteiger charge is -2.22. The largest absolute Gasteiger partial charge is 0.463 e. The normalized spacial score (nSPS) is 16.6. The topological polar surface area (TPSA) is 59.9 Å². The Kier molecular flexibility index (Phi) is 5.31. The average molecular weight is 289 g/mol. The summed E-state index contributed by atoms with van der Waals surface area (Å²) >= 11 is 7.84. The number of ether oxygens (including phenoxy) is 1. The van der Waals surface area contributed by atoms with E-state index in [4.69, 9.17) is 16.3 Å². The minimum Gasteiger partial charge on any atom is -0.463 e. The van der Waals surface area contributed by atoms with E-state index >= 15 is 0 Å². The minimum absolute atomic E-state index is 0.170. The molecule has 1 aliphatic heterocycles. The van der Waals surface area contributed by atoms with Crippen molar-refractivity contribution in [2.24, 2.45) is 0 Å². The van der Waals surface area contributed by atoms with E-state index in [0.29, 0.717) is 24.6 Å². The Morgan fingerprint density at radius 3 is 2.83 bits per heavy atom. The van der Waals surface area contributed by atoms with Crippen molar-refractivity contribution in [3.8, 4) is 6.01 Å². The molecule has 18 heavy (non-hydrogen) atoms. The molecule has 1 N–H and O–H groups in total. The summed E-state index contributed by atoms with van der Waals surface area (Å²) in [4.78, 5) is 12.2. The van der Waals surface area contributed by atoms with Gasteiger partial charge in [-0.3, -0.25) is 0 Å². The third-order valence-electron chi connectivity index (χ3n) is 2.58. The fourth-order valence-corrected chi connectivity index (χ4v) is 2.94. The molecule has 0 aromatic carbocycles. The van der Waals surface area contributed by atoms with Gasteiger partial charge in [-0.05, 0) is 42.4 Å². The van der Waals surface area contributed by atoms with Crippen LogP contribution in [0.1, 0.15) is 26.2 Å². The monoisotopic (exact) mass is 288 g/mol. The summed E-state index contributed by atoms with van der Waals surface area (Å²) in [6, 6.07) is 0.716. The molecule has 5 nitrogen and oxygen atoms in total. The zero-order chi connectivity index (χ0) is 12.8. The molecular weight excluding hydrogens is 272 g/mol. The van der Waals surface area contributed by atoms with Gasteiger partial charge in [-0.1, -0.05) is 6.92 Å². The van der Waals surface area contributed by atoms with Gasteiger partial charge < -0.3 is 10.1 Å². The highest BCUT2D eigenvalue weighted by Gasteiger charge is 2.15. The summed E-state index contributed by atoms with van der Waals surface area (Å²) in [6.45, 7) is 2.61. The molecule has 1 aliphatic rings. The average Bonchev–Trinajstić information content (AvgIpc) is 2.37. The fourth-order valence-electron chi connectivity index (χ4n) is 1.68. The van der Waals surface area contributed by atoms with Gasteiger partial charge in [-0.2, -0.15) is 26.7 Å².